The van der Waals surface area contributed by atoms with Crippen LogP contribution >= 0.6 is 0 Å². The second-order valence-corrected chi connectivity index (χ2v) is 5.60. The van der Waals surface area contributed by atoms with E-state index in [2.05, 4.69) is 10.6 Å². The molecule has 1 aliphatic rings. The Morgan fingerprint density at radius 2 is 2.05 bits per heavy atom. The van der Waals surface area contributed by atoms with E-state index >= 15 is 0 Å². The van der Waals surface area contributed by atoms with Gasteiger partial charge in [0.1, 0.15) is 0 Å². The first-order chi connectivity index (χ1) is 9.70. The SMILES string of the molecule is CC(=O)Nc1ccccc1CNCC1CCCC1CO. The Hall–Kier alpha value is -1.39. The highest BCUT2D eigenvalue weighted by molar-refractivity contribution is 5.89. The van der Waals surface area contributed by atoms with Crippen LogP contribution in [0.25, 0.3) is 0 Å². The number of amides is 1. The van der Waals surface area contributed by atoms with Gasteiger partial charge in [0.15, 0.2) is 0 Å². The van der Waals surface area contributed by atoms with Crippen molar-refractivity contribution >= 4 is 11.6 Å². The molecule has 20 heavy (non-hydrogen) atoms. The number of carbonyl (C=O) groups excluding carboxylic acids is 1. The molecule has 1 fully saturated rings. The molecular formula is C16H24N2O2. The van der Waals surface area contributed by atoms with Crippen LogP contribution in [0.4, 0.5) is 5.69 Å². The van der Waals surface area contributed by atoms with E-state index in [0.29, 0.717) is 18.4 Å². The second-order valence-electron chi connectivity index (χ2n) is 5.60. The van der Waals surface area contributed by atoms with Gasteiger partial charge < -0.3 is 15.7 Å². The zero-order valence-electron chi connectivity index (χ0n) is 12.1. The molecule has 0 heterocycles. The molecule has 0 bridgehead atoms. The molecule has 1 aliphatic carbocycles. The van der Waals surface area contributed by atoms with Crippen molar-refractivity contribution in [3.8, 4) is 0 Å². The van der Waals surface area contributed by atoms with Crippen molar-refractivity contribution in [2.45, 2.75) is 32.7 Å². The highest BCUT2D eigenvalue weighted by atomic mass is 16.3. The van der Waals surface area contributed by atoms with Gasteiger partial charge in [-0.05, 0) is 42.9 Å². The third kappa shape index (κ3) is 4.05. The fourth-order valence-corrected chi connectivity index (χ4v) is 3.00. The van der Waals surface area contributed by atoms with E-state index < -0.39 is 0 Å². The normalized spacial score (nSPS) is 21.9. The second kappa shape index (κ2) is 7.41. The van der Waals surface area contributed by atoms with Gasteiger partial charge in [-0.2, -0.15) is 0 Å². The van der Waals surface area contributed by atoms with Gasteiger partial charge in [-0.15, -0.1) is 0 Å². The van der Waals surface area contributed by atoms with Crippen molar-refractivity contribution in [1.82, 2.24) is 5.32 Å². The summed E-state index contributed by atoms with van der Waals surface area (Å²) in [7, 11) is 0. The standard InChI is InChI=1S/C16H24N2O2/c1-12(20)18-16-8-3-2-5-14(16)10-17-9-13-6-4-7-15(13)11-19/h2-3,5,8,13,15,17,19H,4,6-7,9-11H2,1H3,(H,18,20). The first-order valence-electron chi connectivity index (χ1n) is 7.37. The molecule has 0 saturated heterocycles. The highest BCUT2D eigenvalue weighted by Crippen LogP contribution is 2.30. The monoisotopic (exact) mass is 276 g/mol. The fourth-order valence-electron chi connectivity index (χ4n) is 3.00. The van der Waals surface area contributed by atoms with Crippen molar-refractivity contribution < 1.29 is 9.90 Å². The summed E-state index contributed by atoms with van der Waals surface area (Å²) in [6.45, 7) is 3.49. The summed E-state index contributed by atoms with van der Waals surface area (Å²) in [4.78, 5) is 11.2. The van der Waals surface area contributed by atoms with E-state index in [-0.39, 0.29) is 5.91 Å². The number of anilines is 1. The summed E-state index contributed by atoms with van der Waals surface area (Å²) < 4.78 is 0. The van der Waals surface area contributed by atoms with Crippen molar-refractivity contribution in [3.63, 3.8) is 0 Å². The molecule has 1 saturated carbocycles. The van der Waals surface area contributed by atoms with Crippen LogP contribution in [-0.2, 0) is 11.3 Å². The maximum atomic E-state index is 11.2. The summed E-state index contributed by atoms with van der Waals surface area (Å²) in [5, 5.41) is 15.6. The van der Waals surface area contributed by atoms with E-state index in [0.717, 1.165) is 30.8 Å². The number of rotatable bonds is 6. The number of hydrogen-bond donors (Lipinski definition) is 3. The number of para-hydroxylation sites is 1. The van der Waals surface area contributed by atoms with Crippen LogP contribution in [-0.4, -0.2) is 24.2 Å². The Balaban J connectivity index is 1.86. The smallest absolute Gasteiger partial charge is 0.221 e. The van der Waals surface area contributed by atoms with Crippen LogP contribution in [0, 0.1) is 11.8 Å². The summed E-state index contributed by atoms with van der Waals surface area (Å²) in [6.07, 6.45) is 3.57. The molecular weight excluding hydrogens is 252 g/mol. The quantitative estimate of drug-likeness (QED) is 0.746. The number of benzene rings is 1. The molecule has 2 rings (SSSR count). The minimum atomic E-state index is -0.0476. The lowest BCUT2D eigenvalue weighted by Gasteiger charge is -2.18. The van der Waals surface area contributed by atoms with Gasteiger partial charge in [-0.3, -0.25) is 4.79 Å². The van der Waals surface area contributed by atoms with Crippen LogP contribution in [0.5, 0.6) is 0 Å². The highest BCUT2D eigenvalue weighted by Gasteiger charge is 2.25. The number of nitrogens with one attached hydrogen (secondary N) is 2. The van der Waals surface area contributed by atoms with Gasteiger partial charge in [0.25, 0.3) is 0 Å². The first-order valence-corrected chi connectivity index (χ1v) is 7.37. The molecule has 2 unspecified atom stereocenters. The van der Waals surface area contributed by atoms with Crippen molar-refractivity contribution in [1.29, 1.82) is 0 Å². The van der Waals surface area contributed by atoms with Gasteiger partial charge in [-0.25, -0.2) is 0 Å². The van der Waals surface area contributed by atoms with Crippen molar-refractivity contribution in [2.24, 2.45) is 11.8 Å². The maximum Gasteiger partial charge on any atom is 0.221 e. The third-order valence-electron chi connectivity index (χ3n) is 4.10. The molecule has 1 aromatic rings. The number of aliphatic hydroxyl groups is 1. The number of aliphatic hydroxyl groups excluding tert-OH is 1. The number of carbonyl (C=O) groups is 1. The van der Waals surface area contributed by atoms with Gasteiger partial charge in [0, 0.05) is 25.8 Å². The Morgan fingerprint density at radius 1 is 1.30 bits per heavy atom. The molecule has 0 radical (unpaired) electrons. The Morgan fingerprint density at radius 3 is 2.80 bits per heavy atom. The molecule has 3 N–H and O–H groups in total. The molecule has 0 aromatic heterocycles. The van der Waals surface area contributed by atoms with Gasteiger partial charge in [0.2, 0.25) is 5.91 Å². The molecule has 0 aliphatic heterocycles. The molecule has 2 atom stereocenters. The van der Waals surface area contributed by atoms with E-state index in [1.165, 1.54) is 19.8 Å². The predicted octanol–water partition coefficient (Wildman–Crippen LogP) is 2.14. The third-order valence-corrected chi connectivity index (χ3v) is 4.10. The van der Waals surface area contributed by atoms with E-state index in [1.54, 1.807) is 0 Å². The Bertz CT molecular complexity index is 448. The minimum Gasteiger partial charge on any atom is -0.396 e. The van der Waals surface area contributed by atoms with Crippen LogP contribution in [0.2, 0.25) is 0 Å². The summed E-state index contributed by atoms with van der Waals surface area (Å²) >= 11 is 0. The Kier molecular flexibility index (Phi) is 5.56. The molecule has 1 amide bonds. The summed E-state index contributed by atoms with van der Waals surface area (Å²) in [5.74, 6) is 0.981. The molecule has 4 heteroatoms. The van der Waals surface area contributed by atoms with E-state index in [9.17, 15) is 9.90 Å². The van der Waals surface area contributed by atoms with Crippen LogP contribution in [0.15, 0.2) is 24.3 Å². The minimum absolute atomic E-state index is 0.0476. The molecule has 0 spiro atoms. The van der Waals surface area contributed by atoms with Crippen molar-refractivity contribution in [3.05, 3.63) is 29.8 Å². The average Bonchev–Trinajstić information content (AvgIpc) is 2.87. The average molecular weight is 276 g/mol. The van der Waals surface area contributed by atoms with Crippen LogP contribution < -0.4 is 10.6 Å². The lowest BCUT2D eigenvalue weighted by Crippen LogP contribution is -2.26. The fraction of sp³-hybridized carbons (Fsp3) is 0.562. The number of hydrogen-bond acceptors (Lipinski definition) is 3. The largest absolute Gasteiger partial charge is 0.396 e. The lowest BCUT2D eigenvalue weighted by molar-refractivity contribution is -0.114. The zero-order valence-corrected chi connectivity index (χ0v) is 12.1. The molecule has 110 valence electrons. The topological polar surface area (TPSA) is 61.4 Å². The first kappa shape index (κ1) is 15.0. The molecule has 1 aromatic carbocycles. The van der Waals surface area contributed by atoms with E-state index in [1.807, 2.05) is 24.3 Å². The van der Waals surface area contributed by atoms with Gasteiger partial charge >= 0.3 is 0 Å². The summed E-state index contributed by atoms with van der Waals surface area (Å²) in [6, 6.07) is 7.85. The van der Waals surface area contributed by atoms with Crippen LogP contribution in [0.1, 0.15) is 31.7 Å². The Labute approximate surface area is 120 Å². The zero-order chi connectivity index (χ0) is 14.4. The summed E-state index contributed by atoms with van der Waals surface area (Å²) in [5.41, 5.74) is 1.97. The van der Waals surface area contributed by atoms with Crippen molar-refractivity contribution in [2.75, 3.05) is 18.5 Å². The van der Waals surface area contributed by atoms with Gasteiger partial charge in [0.05, 0.1) is 0 Å². The molecule has 4 nitrogen and oxygen atoms in total. The van der Waals surface area contributed by atoms with E-state index in [4.69, 9.17) is 0 Å². The maximum absolute atomic E-state index is 11.2. The van der Waals surface area contributed by atoms with Crippen LogP contribution in [0.3, 0.4) is 0 Å². The van der Waals surface area contributed by atoms with Gasteiger partial charge in [-0.1, -0.05) is 24.6 Å². The predicted molar refractivity (Wildman–Crippen MR) is 80.4 cm³/mol. The lowest BCUT2D eigenvalue weighted by atomic mass is 9.97.